The number of carbonyl (C=O) groups excluding carboxylic acids is 3. The maximum absolute atomic E-state index is 12.4. The van der Waals surface area contributed by atoms with Crippen LogP contribution in [-0.2, 0) is 16.0 Å². The van der Waals surface area contributed by atoms with Crippen LogP contribution in [-0.4, -0.2) is 29.8 Å². The summed E-state index contributed by atoms with van der Waals surface area (Å²) in [7, 11) is 1.41. The Morgan fingerprint density at radius 1 is 1.14 bits per heavy atom. The standard InChI is InChI=1S/C16H20N2O3/c1-3-16(11-7-10-12-8-5-4-6-9-12)13(19)17-15(21)18(2)14(16)20/h4-6,8-9H,3,7,10-11H2,1-2H3,(H,17,19,21). The summed E-state index contributed by atoms with van der Waals surface area (Å²) in [4.78, 5) is 37.1. The minimum absolute atomic E-state index is 0.393. The average molecular weight is 288 g/mol. The molecule has 5 nitrogen and oxygen atoms in total. The number of nitrogens with one attached hydrogen (secondary N) is 1. The molecule has 1 saturated heterocycles. The molecule has 5 heteroatoms. The van der Waals surface area contributed by atoms with Crippen LogP contribution in [0.1, 0.15) is 31.7 Å². The van der Waals surface area contributed by atoms with E-state index >= 15 is 0 Å². The molecule has 0 radical (unpaired) electrons. The highest BCUT2D eigenvalue weighted by Gasteiger charge is 2.50. The van der Waals surface area contributed by atoms with E-state index in [0.717, 1.165) is 17.7 Å². The number of carbonyl (C=O) groups is 3. The Balaban J connectivity index is 2.08. The Bertz CT molecular complexity index is 556. The first kappa shape index (κ1) is 15.2. The van der Waals surface area contributed by atoms with Crippen molar-refractivity contribution < 1.29 is 14.4 Å². The molecule has 0 bridgehead atoms. The maximum atomic E-state index is 12.4. The van der Waals surface area contributed by atoms with E-state index in [9.17, 15) is 14.4 Å². The number of hydrogen-bond acceptors (Lipinski definition) is 3. The lowest BCUT2D eigenvalue weighted by atomic mass is 9.76. The van der Waals surface area contributed by atoms with E-state index in [4.69, 9.17) is 0 Å². The third-order valence-electron chi connectivity index (χ3n) is 4.19. The fourth-order valence-corrected chi connectivity index (χ4v) is 2.76. The number of nitrogens with zero attached hydrogens (tertiary/aromatic N) is 1. The number of barbiturate groups is 1. The van der Waals surface area contributed by atoms with Crippen LogP contribution in [0, 0.1) is 5.41 Å². The molecule has 1 aliphatic rings. The second-order valence-electron chi connectivity index (χ2n) is 5.40. The smallest absolute Gasteiger partial charge is 0.277 e. The van der Waals surface area contributed by atoms with Gasteiger partial charge in [0.1, 0.15) is 5.41 Å². The Morgan fingerprint density at radius 2 is 1.81 bits per heavy atom. The first-order valence-electron chi connectivity index (χ1n) is 7.19. The van der Waals surface area contributed by atoms with E-state index in [-0.39, 0.29) is 0 Å². The van der Waals surface area contributed by atoms with Crippen LogP contribution in [0.2, 0.25) is 0 Å². The SMILES string of the molecule is CCC1(CCCc2ccccc2)C(=O)NC(=O)N(C)C1=O. The molecule has 0 aliphatic carbocycles. The van der Waals surface area contributed by atoms with Gasteiger partial charge >= 0.3 is 6.03 Å². The van der Waals surface area contributed by atoms with E-state index in [2.05, 4.69) is 5.32 Å². The molecule has 1 aromatic carbocycles. The monoisotopic (exact) mass is 288 g/mol. The quantitative estimate of drug-likeness (QED) is 0.844. The Labute approximate surface area is 124 Å². The maximum Gasteiger partial charge on any atom is 0.330 e. The van der Waals surface area contributed by atoms with Gasteiger partial charge in [-0.25, -0.2) is 4.79 Å². The minimum Gasteiger partial charge on any atom is -0.277 e. The summed E-state index contributed by atoms with van der Waals surface area (Å²) in [6, 6.07) is 9.30. The molecular formula is C16H20N2O3. The minimum atomic E-state index is -1.11. The van der Waals surface area contributed by atoms with Gasteiger partial charge in [0.15, 0.2) is 0 Å². The second-order valence-corrected chi connectivity index (χ2v) is 5.40. The molecule has 0 spiro atoms. The molecule has 1 unspecified atom stereocenters. The molecule has 112 valence electrons. The van der Waals surface area contributed by atoms with Crippen molar-refractivity contribution >= 4 is 17.8 Å². The third kappa shape index (κ3) is 2.82. The molecular weight excluding hydrogens is 268 g/mol. The highest BCUT2D eigenvalue weighted by atomic mass is 16.2. The van der Waals surface area contributed by atoms with E-state index < -0.39 is 23.3 Å². The van der Waals surface area contributed by atoms with E-state index in [1.807, 2.05) is 37.3 Å². The number of rotatable bonds is 5. The van der Waals surface area contributed by atoms with Crippen molar-refractivity contribution in [1.29, 1.82) is 0 Å². The van der Waals surface area contributed by atoms with Crippen molar-refractivity contribution in [2.24, 2.45) is 5.41 Å². The van der Waals surface area contributed by atoms with Gasteiger partial charge in [-0.2, -0.15) is 0 Å². The van der Waals surface area contributed by atoms with Crippen molar-refractivity contribution in [3.05, 3.63) is 35.9 Å². The van der Waals surface area contributed by atoms with Crippen molar-refractivity contribution in [1.82, 2.24) is 10.2 Å². The summed E-state index contributed by atoms with van der Waals surface area (Å²) >= 11 is 0. The van der Waals surface area contributed by atoms with E-state index in [0.29, 0.717) is 12.8 Å². The molecule has 21 heavy (non-hydrogen) atoms. The lowest BCUT2D eigenvalue weighted by molar-refractivity contribution is -0.151. The van der Waals surface area contributed by atoms with Crippen molar-refractivity contribution in [3.8, 4) is 0 Å². The normalized spacial score (nSPS) is 22.4. The summed E-state index contributed by atoms with van der Waals surface area (Å²) in [5.74, 6) is -0.863. The van der Waals surface area contributed by atoms with Crippen LogP contribution in [0.3, 0.4) is 0 Å². The van der Waals surface area contributed by atoms with Crippen molar-refractivity contribution in [2.45, 2.75) is 32.6 Å². The number of hydrogen-bond donors (Lipinski definition) is 1. The lowest BCUT2D eigenvalue weighted by Gasteiger charge is -2.37. The highest BCUT2D eigenvalue weighted by molar-refractivity contribution is 6.18. The van der Waals surface area contributed by atoms with Gasteiger partial charge in [0, 0.05) is 7.05 Å². The summed E-state index contributed by atoms with van der Waals surface area (Å²) in [5.41, 5.74) is 0.0640. The van der Waals surface area contributed by atoms with E-state index in [1.54, 1.807) is 0 Å². The van der Waals surface area contributed by atoms with E-state index in [1.165, 1.54) is 12.6 Å². The van der Waals surface area contributed by atoms with Crippen LogP contribution < -0.4 is 5.32 Å². The van der Waals surface area contributed by atoms with Gasteiger partial charge in [-0.05, 0) is 31.2 Å². The number of urea groups is 1. The lowest BCUT2D eigenvalue weighted by Crippen LogP contribution is -2.62. The zero-order valence-electron chi connectivity index (χ0n) is 12.4. The molecule has 0 aromatic heterocycles. The molecule has 1 fully saturated rings. The van der Waals surface area contributed by atoms with Crippen LogP contribution in [0.4, 0.5) is 4.79 Å². The number of amides is 4. The topological polar surface area (TPSA) is 66.5 Å². The van der Waals surface area contributed by atoms with Crippen LogP contribution in [0.5, 0.6) is 0 Å². The van der Waals surface area contributed by atoms with Crippen LogP contribution >= 0.6 is 0 Å². The fraction of sp³-hybridized carbons (Fsp3) is 0.438. The third-order valence-corrected chi connectivity index (χ3v) is 4.19. The largest absolute Gasteiger partial charge is 0.330 e. The average Bonchev–Trinajstić information content (AvgIpc) is 2.50. The van der Waals surface area contributed by atoms with Gasteiger partial charge < -0.3 is 0 Å². The zero-order valence-corrected chi connectivity index (χ0v) is 12.4. The number of imide groups is 2. The molecule has 1 aromatic rings. The predicted molar refractivity (Wildman–Crippen MR) is 78.4 cm³/mol. The van der Waals surface area contributed by atoms with Crippen LogP contribution in [0.25, 0.3) is 0 Å². The van der Waals surface area contributed by atoms with Gasteiger partial charge in [-0.3, -0.25) is 19.8 Å². The molecule has 1 N–H and O–H groups in total. The Morgan fingerprint density at radius 3 is 2.43 bits per heavy atom. The molecule has 1 aliphatic heterocycles. The molecule has 0 saturated carbocycles. The predicted octanol–water partition coefficient (Wildman–Crippen LogP) is 2.11. The summed E-state index contributed by atoms with van der Waals surface area (Å²) < 4.78 is 0. The Kier molecular flexibility index (Phi) is 4.40. The summed E-state index contributed by atoms with van der Waals surface area (Å²) in [6.45, 7) is 1.81. The zero-order chi connectivity index (χ0) is 15.5. The van der Waals surface area contributed by atoms with Gasteiger partial charge in [-0.1, -0.05) is 37.3 Å². The highest BCUT2D eigenvalue weighted by Crippen LogP contribution is 2.33. The molecule has 4 amide bonds. The first-order chi connectivity index (χ1) is 10.0. The van der Waals surface area contributed by atoms with Gasteiger partial charge in [0.25, 0.3) is 0 Å². The van der Waals surface area contributed by atoms with Crippen molar-refractivity contribution in [3.63, 3.8) is 0 Å². The molecule has 2 rings (SSSR count). The first-order valence-corrected chi connectivity index (χ1v) is 7.19. The summed E-state index contributed by atoms with van der Waals surface area (Å²) in [5, 5.41) is 2.28. The fourth-order valence-electron chi connectivity index (χ4n) is 2.76. The van der Waals surface area contributed by atoms with Gasteiger partial charge in [0.05, 0.1) is 0 Å². The Hall–Kier alpha value is -2.17. The summed E-state index contributed by atoms with van der Waals surface area (Å²) in [6.07, 6.45) is 2.37. The number of aryl methyl sites for hydroxylation is 1. The van der Waals surface area contributed by atoms with Crippen LogP contribution in [0.15, 0.2) is 30.3 Å². The second kappa shape index (κ2) is 6.08. The van der Waals surface area contributed by atoms with Crippen molar-refractivity contribution in [2.75, 3.05) is 7.05 Å². The number of benzene rings is 1. The molecule has 1 atom stereocenters. The van der Waals surface area contributed by atoms with Gasteiger partial charge in [0.2, 0.25) is 11.8 Å². The molecule has 1 heterocycles. The van der Waals surface area contributed by atoms with Gasteiger partial charge in [-0.15, -0.1) is 0 Å².